The van der Waals surface area contributed by atoms with Crippen molar-refractivity contribution in [2.75, 3.05) is 13.1 Å². The quantitative estimate of drug-likeness (QED) is 0.813. The highest BCUT2D eigenvalue weighted by molar-refractivity contribution is 5.99. The summed E-state index contributed by atoms with van der Waals surface area (Å²) < 4.78 is 13.1. The Kier molecular flexibility index (Phi) is 3.07. The van der Waals surface area contributed by atoms with E-state index in [1.807, 2.05) is 0 Å². The van der Waals surface area contributed by atoms with Gasteiger partial charge in [-0.3, -0.25) is 9.59 Å². The Hall–Kier alpha value is -1.91. The summed E-state index contributed by atoms with van der Waals surface area (Å²) in [6, 6.07) is 5.50. The van der Waals surface area contributed by atoms with E-state index >= 15 is 0 Å². The van der Waals surface area contributed by atoms with Gasteiger partial charge in [0.05, 0.1) is 0 Å². The first kappa shape index (κ1) is 12.5. The molecule has 0 saturated carbocycles. The largest absolute Gasteiger partial charge is 0.352 e. The van der Waals surface area contributed by atoms with Crippen molar-refractivity contribution in [1.82, 2.24) is 10.2 Å². The predicted molar refractivity (Wildman–Crippen MR) is 64.5 cm³/mol. The lowest BCUT2D eigenvalue weighted by Gasteiger charge is -2.41. The maximum atomic E-state index is 13.1. The summed E-state index contributed by atoms with van der Waals surface area (Å²) in [5, 5.41) is 2.71. The summed E-state index contributed by atoms with van der Waals surface area (Å²) in [5.74, 6) is -0.979. The van der Waals surface area contributed by atoms with E-state index in [-0.39, 0.29) is 17.4 Å². The van der Waals surface area contributed by atoms with E-state index in [4.69, 9.17) is 0 Å². The molecule has 1 aromatic carbocycles. The van der Waals surface area contributed by atoms with Gasteiger partial charge in [0.1, 0.15) is 11.4 Å². The zero-order chi connectivity index (χ0) is 13.3. The molecule has 1 N–H and O–H groups in total. The van der Waals surface area contributed by atoms with Crippen molar-refractivity contribution in [3.8, 4) is 0 Å². The van der Waals surface area contributed by atoms with E-state index in [0.29, 0.717) is 13.1 Å². The second kappa shape index (κ2) is 4.40. The van der Waals surface area contributed by atoms with Gasteiger partial charge < -0.3 is 10.2 Å². The molecular weight excluding hydrogens is 235 g/mol. The maximum Gasteiger partial charge on any atom is 0.254 e. The molecule has 0 aliphatic carbocycles. The van der Waals surface area contributed by atoms with Crippen molar-refractivity contribution < 1.29 is 14.0 Å². The van der Waals surface area contributed by atoms with E-state index in [1.54, 1.807) is 19.9 Å². The maximum absolute atomic E-state index is 13.1. The fraction of sp³-hybridized carbons (Fsp3) is 0.385. The van der Waals surface area contributed by atoms with Crippen LogP contribution in [0.25, 0.3) is 0 Å². The average molecular weight is 250 g/mol. The zero-order valence-electron chi connectivity index (χ0n) is 10.4. The Morgan fingerprint density at radius 1 is 1.44 bits per heavy atom. The van der Waals surface area contributed by atoms with Crippen LogP contribution in [0, 0.1) is 5.82 Å². The van der Waals surface area contributed by atoms with E-state index in [0.717, 1.165) is 0 Å². The third-order valence-electron chi connectivity index (χ3n) is 3.17. The molecule has 2 amide bonds. The fourth-order valence-electron chi connectivity index (χ4n) is 2.03. The van der Waals surface area contributed by atoms with Gasteiger partial charge in [-0.05, 0) is 32.0 Å². The van der Waals surface area contributed by atoms with Gasteiger partial charge in [-0.25, -0.2) is 4.39 Å². The van der Waals surface area contributed by atoms with Gasteiger partial charge in [-0.15, -0.1) is 0 Å². The second-order valence-corrected chi connectivity index (χ2v) is 4.78. The van der Waals surface area contributed by atoms with Gasteiger partial charge >= 0.3 is 0 Å². The third-order valence-corrected chi connectivity index (χ3v) is 3.17. The Labute approximate surface area is 105 Å². The number of hydrogen-bond acceptors (Lipinski definition) is 2. The summed E-state index contributed by atoms with van der Waals surface area (Å²) in [6.07, 6.45) is 0. The first-order valence-corrected chi connectivity index (χ1v) is 5.79. The lowest BCUT2D eigenvalue weighted by molar-refractivity contribution is -0.133. The Morgan fingerprint density at radius 3 is 2.83 bits per heavy atom. The van der Waals surface area contributed by atoms with Crippen molar-refractivity contribution in [3.63, 3.8) is 0 Å². The van der Waals surface area contributed by atoms with Crippen LogP contribution in [0.15, 0.2) is 24.3 Å². The Morgan fingerprint density at radius 2 is 2.17 bits per heavy atom. The van der Waals surface area contributed by atoms with Crippen molar-refractivity contribution >= 4 is 11.8 Å². The van der Waals surface area contributed by atoms with Crippen LogP contribution in [0.2, 0.25) is 0 Å². The van der Waals surface area contributed by atoms with Crippen molar-refractivity contribution in [2.24, 2.45) is 0 Å². The minimum atomic E-state index is -0.915. The molecule has 1 aliphatic heterocycles. The summed E-state index contributed by atoms with van der Waals surface area (Å²) in [5.41, 5.74) is -0.653. The lowest BCUT2D eigenvalue weighted by Crippen LogP contribution is -2.63. The number of benzene rings is 1. The number of nitrogens with one attached hydrogen (secondary N) is 1. The highest BCUT2D eigenvalue weighted by Gasteiger charge is 2.40. The predicted octanol–water partition coefficient (Wildman–Crippen LogP) is 1.18. The summed E-state index contributed by atoms with van der Waals surface area (Å²) in [6.45, 7) is 4.20. The standard InChI is InChI=1S/C13H15FN2O2/c1-13(2)12(18)15-6-7-16(13)11(17)9-4-3-5-10(14)8-9/h3-5,8H,6-7H2,1-2H3,(H,15,18). The van der Waals surface area contributed by atoms with E-state index in [2.05, 4.69) is 5.32 Å². The molecule has 1 fully saturated rings. The molecule has 0 bridgehead atoms. The van der Waals surface area contributed by atoms with Crippen LogP contribution in [-0.4, -0.2) is 35.3 Å². The molecule has 0 aromatic heterocycles. The number of nitrogens with zero attached hydrogens (tertiary/aromatic N) is 1. The number of rotatable bonds is 1. The molecule has 1 aliphatic rings. The van der Waals surface area contributed by atoms with Gasteiger partial charge in [-0.1, -0.05) is 6.07 Å². The molecule has 2 rings (SSSR count). The molecule has 0 radical (unpaired) electrons. The van der Waals surface area contributed by atoms with Crippen molar-refractivity contribution in [1.29, 1.82) is 0 Å². The van der Waals surface area contributed by atoms with Crippen LogP contribution in [0.4, 0.5) is 4.39 Å². The van der Waals surface area contributed by atoms with E-state index in [9.17, 15) is 14.0 Å². The van der Waals surface area contributed by atoms with Crippen LogP contribution in [0.5, 0.6) is 0 Å². The molecule has 0 unspecified atom stereocenters. The molecule has 0 atom stereocenters. The number of carbonyl (C=O) groups is 2. The lowest BCUT2D eigenvalue weighted by atomic mass is 9.97. The van der Waals surface area contributed by atoms with Crippen LogP contribution < -0.4 is 5.32 Å². The number of halogens is 1. The van der Waals surface area contributed by atoms with Crippen molar-refractivity contribution in [2.45, 2.75) is 19.4 Å². The molecule has 0 spiro atoms. The van der Waals surface area contributed by atoms with Crippen LogP contribution >= 0.6 is 0 Å². The molecule has 96 valence electrons. The monoisotopic (exact) mass is 250 g/mol. The minimum Gasteiger partial charge on any atom is -0.352 e. The molecule has 4 nitrogen and oxygen atoms in total. The van der Waals surface area contributed by atoms with Crippen LogP contribution in [0.1, 0.15) is 24.2 Å². The molecule has 18 heavy (non-hydrogen) atoms. The average Bonchev–Trinajstić information content (AvgIpc) is 2.32. The highest BCUT2D eigenvalue weighted by Crippen LogP contribution is 2.20. The summed E-state index contributed by atoms with van der Waals surface area (Å²) >= 11 is 0. The van der Waals surface area contributed by atoms with Gasteiger partial charge in [0.25, 0.3) is 5.91 Å². The van der Waals surface area contributed by atoms with Gasteiger partial charge in [0.2, 0.25) is 5.91 Å². The second-order valence-electron chi connectivity index (χ2n) is 4.78. The summed E-state index contributed by atoms with van der Waals surface area (Å²) in [4.78, 5) is 25.5. The molecule has 1 aromatic rings. The number of piperazine rings is 1. The van der Waals surface area contributed by atoms with Crippen molar-refractivity contribution in [3.05, 3.63) is 35.6 Å². The number of carbonyl (C=O) groups excluding carboxylic acids is 2. The van der Waals surface area contributed by atoms with Crippen LogP contribution in [-0.2, 0) is 4.79 Å². The van der Waals surface area contributed by atoms with E-state index in [1.165, 1.54) is 23.1 Å². The van der Waals surface area contributed by atoms with Gasteiger partial charge in [0.15, 0.2) is 0 Å². The number of amides is 2. The van der Waals surface area contributed by atoms with Crippen LogP contribution in [0.3, 0.4) is 0 Å². The van der Waals surface area contributed by atoms with Gasteiger partial charge in [-0.2, -0.15) is 0 Å². The minimum absolute atomic E-state index is 0.196. The highest BCUT2D eigenvalue weighted by atomic mass is 19.1. The summed E-state index contributed by atoms with van der Waals surface area (Å²) in [7, 11) is 0. The molecule has 1 saturated heterocycles. The first-order valence-electron chi connectivity index (χ1n) is 5.79. The fourth-order valence-corrected chi connectivity index (χ4v) is 2.03. The number of hydrogen-bond donors (Lipinski definition) is 1. The molecular formula is C13H15FN2O2. The molecule has 5 heteroatoms. The zero-order valence-corrected chi connectivity index (χ0v) is 10.4. The Bertz CT molecular complexity index is 500. The Balaban J connectivity index is 2.31. The third kappa shape index (κ3) is 2.08. The van der Waals surface area contributed by atoms with E-state index < -0.39 is 11.4 Å². The topological polar surface area (TPSA) is 49.4 Å². The molecule has 1 heterocycles. The smallest absolute Gasteiger partial charge is 0.254 e. The first-order chi connectivity index (χ1) is 8.43. The SMILES string of the molecule is CC1(C)C(=O)NCCN1C(=O)c1cccc(F)c1. The van der Waals surface area contributed by atoms with Gasteiger partial charge in [0, 0.05) is 18.7 Å². The normalized spacial score (nSPS) is 18.4.